The lowest BCUT2D eigenvalue weighted by Crippen LogP contribution is -1.98. The van der Waals surface area contributed by atoms with Gasteiger partial charge in [0, 0.05) is 6.42 Å². The van der Waals surface area contributed by atoms with Crippen LogP contribution in [0.4, 0.5) is 0 Å². The largest absolute Gasteiger partial charge is 0.435 e. The Morgan fingerprint density at radius 3 is 1.29 bits per heavy atom. The molecular weight excluding hydrogens is 380 g/mol. The molecule has 0 fully saturated rings. The Kier molecular flexibility index (Phi) is 26.5. The molecule has 0 aliphatic rings. The van der Waals surface area contributed by atoms with Crippen LogP contribution in [0.2, 0.25) is 0 Å². The van der Waals surface area contributed by atoms with Gasteiger partial charge in [0.2, 0.25) is 0 Å². The van der Waals surface area contributed by atoms with Crippen molar-refractivity contribution in [3.8, 4) is 0 Å². The van der Waals surface area contributed by atoms with Gasteiger partial charge in [-0.2, -0.15) is 0 Å². The summed E-state index contributed by atoms with van der Waals surface area (Å²) in [4.78, 5) is 11.7. The van der Waals surface area contributed by atoms with Crippen LogP contribution >= 0.6 is 0 Å². The lowest BCUT2D eigenvalue weighted by atomic mass is 10.1. The van der Waals surface area contributed by atoms with Crippen LogP contribution in [0.1, 0.15) is 168 Å². The van der Waals surface area contributed by atoms with E-state index in [-0.39, 0.29) is 5.97 Å². The Hall–Kier alpha value is -0.790. The van der Waals surface area contributed by atoms with Crippen LogP contribution in [0.5, 0.6) is 0 Å². The van der Waals surface area contributed by atoms with Crippen molar-refractivity contribution < 1.29 is 9.53 Å². The van der Waals surface area contributed by atoms with Crippen LogP contribution in [-0.4, -0.2) is 5.97 Å². The van der Waals surface area contributed by atoms with Gasteiger partial charge in [0.05, 0.1) is 6.26 Å². The number of allylic oxidation sites excluding steroid dienone is 1. The smallest absolute Gasteiger partial charge is 0.310 e. The number of carbonyl (C=O) groups excluding carboxylic acids is 1. The molecule has 2 nitrogen and oxygen atoms in total. The van der Waals surface area contributed by atoms with Crippen molar-refractivity contribution in [3.63, 3.8) is 0 Å². The zero-order valence-electron chi connectivity index (χ0n) is 21.4. The zero-order chi connectivity index (χ0) is 22.7. The third-order valence-corrected chi connectivity index (χ3v) is 6.25. The van der Waals surface area contributed by atoms with Gasteiger partial charge in [-0.15, -0.1) is 0 Å². The molecule has 2 heteroatoms. The first-order valence-corrected chi connectivity index (χ1v) is 14.2. The number of unbranched alkanes of at least 4 members (excludes halogenated alkanes) is 21. The summed E-state index contributed by atoms with van der Waals surface area (Å²) in [6, 6.07) is 0. The van der Waals surface area contributed by atoms with E-state index < -0.39 is 0 Å². The van der Waals surface area contributed by atoms with Gasteiger partial charge < -0.3 is 4.74 Å². The lowest BCUT2D eigenvalue weighted by molar-refractivity contribution is -0.138. The normalized spacial score (nSPS) is 11.4. The fraction of sp³-hybridized carbons (Fsp3) is 0.897. The maximum Gasteiger partial charge on any atom is 0.310 e. The Bertz CT molecular complexity index is 375. The summed E-state index contributed by atoms with van der Waals surface area (Å²) in [7, 11) is 0. The van der Waals surface area contributed by atoms with E-state index in [0.29, 0.717) is 6.42 Å². The third kappa shape index (κ3) is 27.2. The van der Waals surface area contributed by atoms with E-state index in [2.05, 4.69) is 13.8 Å². The molecule has 184 valence electrons. The van der Waals surface area contributed by atoms with Gasteiger partial charge in [-0.25, -0.2) is 0 Å². The molecule has 0 saturated heterocycles. The highest BCUT2D eigenvalue weighted by Crippen LogP contribution is 2.13. The second-order valence-corrected chi connectivity index (χ2v) is 9.47. The van der Waals surface area contributed by atoms with Gasteiger partial charge in [-0.3, -0.25) is 4.79 Å². The minimum absolute atomic E-state index is 0.0638. The van der Waals surface area contributed by atoms with E-state index in [1.165, 1.54) is 128 Å². The van der Waals surface area contributed by atoms with E-state index >= 15 is 0 Å². The molecule has 0 amide bonds. The molecule has 0 rings (SSSR count). The van der Waals surface area contributed by atoms with Crippen molar-refractivity contribution in [3.05, 3.63) is 12.3 Å². The summed E-state index contributed by atoms with van der Waals surface area (Å²) >= 11 is 0. The average Bonchev–Trinajstić information content (AvgIpc) is 2.77. The molecule has 0 heterocycles. The number of hydrogen-bond donors (Lipinski definition) is 0. The number of rotatable bonds is 25. The van der Waals surface area contributed by atoms with E-state index in [0.717, 1.165) is 19.3 Å². The standard InChI is InChI=1S/C29H56O2/c1-3-5-7-9-11-13-15-16-18-20-22-24-26-28-31-29(30)27-25-23-21-19-17-14-12-10-8-6-4-2/h26,28H,3-25,27H2,1-2H3/b28-26+. The first kappa shape index (κ1) is 30.2. The predicted octanol–water partition coefficient (Wildman–Crippen LogP) is 10.4. The van der Waals surface area contributed by atoms with Crippen molar-refractivity contribution in [2.24, 2.45) is 0 Å². The summed E-state index contributed by atoms with van der Waals surface area (Å²) < 4.78 is 5.21. The fourth-order valence-electron chi connectivity index (χ4n) is 4.11. The molecule has 0 aliphatic heterocycles. The highest BCUT2D eigenvalue weighted by Gasteiger charge is 2.00. The van der Waals surface area contributed by atoms with E-state index in [1.54, 1.807) is 6.26 Å². The Morgan fingerprint density at radius 2 is 0.871 bits per heavy atom. The van der Waals surface area contributed by atoms with Gasteiger partial charge in [-0.05, 0) is 25.3 Å². The summed E-state index contributed by atoms with van der Waals surface area (Å²) in [5, 5.41) is 0. The van der Waals surface area contributed by atoms with Gasteiger partial charge in [0.25, 0.3) is 0 Å². The van der Waals surface area contributed by atoms with Crippen LogP contribution in [0.25, 0.3) is 0 Å². The fourth-order valence-corrected chi connectivity index (χ4v) is 4.11. The highest BCUT2D eigenvalue weighted by atomic mass is 16.5. The van der Waals surface area contributed by atoms with E-state index in [9.17, 15) is 4.79 Å². The number of hydrogen-bond acceptors (Lipinski definition) is 2. The van der Waals surface area contributed by atoms with Crippen LogP contribution < -0.4 is 0 Å². The van der Waals surface area contributed by atoms with Crippen molar-refractivity contribution in [1.82, 2.24) is 0 Å². The van der Waals surface area contributed by atoms with Crippen LogP contribution in [-0.2, 0) is 9.53 Å². The maximum atomic E-state index is 11.7. The molecule has 0 aliphatic carbocycles. The zero-order valence-corrected chi connectivity index (χ0v) is 21.4. The van der Waals surface area contributed by atoms with Gasteiger partial charge in [0.1, 0.15) is 0 Å². The molecule has 0 aromatic heterocycles. The number of esters is 1. The molecular formula is C29H56O2. The predicted molar refractivity (Wildman–Crippen MR) is 137 cm³/mol. The van der Waals surface area contributed by atoms with Crippen LogP contribution in [0.15, 0.2) is 12.3 Å². The molecule has 0 radical (unpaired) electrons. The SMILES string of the molecule is CCCCCCCCCCCCC/C=C/OC(=O)CCCCCCCCCCCCC. The minimum Gasteiger partial charge on any atom is -0.435 e. The summed E-state index contributed by atoms with van der Waals surface area (Å²) in [6.45, 7) is 4.55. The van der Waals surface area contributed by atoms with Gasteiger partial charge in [-0.1, -0.05) is 142 Å². The minimum atomic E-state index is -0.0638. The number of ether oxygens (including phenoxy) is 1. The van der Waals surface area contributed by atoms with Crippen LogP contribution in [0.3, 0.4) is 0 Å². The Morgan fingerprint density at radius 1 is 0.516 bits per heavy atom. The van der Waals surface area contributed by atoms with E-state index in [4.69, 9.17) is 4.74 Å². The second kappa shape index (κ2) is 27.2. The third-order valence-electron chi connectivity index (χ3n) is 6.25. The first-order chi connectivity index (χ1) is 15.3. The average molecular weight is 437 g/mol. The topological polar surface area (TPSA) is 26.3 Å². The second-order valence-electron chi connectivity index (χ2n) is 9.47. The quantitative estimate of drug-likeness (QED) is 0.0808. The summed E-state index contributed by atoms with van der Waals surface area (Å²) in [6.07, 6.45) is 34.7. The molecule has 0 saturated carbocycles. The van der Waals surface area contributed by atoms with Crippen molar-refractivity contribution in [2.45, 2.75) is 168 Å². The van der Waals surface area contributed by atoms with Gasteiger partial charge >= 0.3 is 5.97 Å². The van der Waals surface area contributed by atoms with Crippen molar-refractivity contribution in [2.75, 3.05) is 0 Å². The van der Waals surface area contributed by atoms with E-state index in [1.807, 2.05) is 6.08 Å². The highest BCUT2D eigenvalue weighted by molar-refractivity contribution is 5.69. The molecule has 0 unspecified atom stereocenters. The molecule has 0 atom stereocenters. The first-order valence-electron chi connectivity index (χ1n) is 14.2. The molecule has 0 aromatic carbocycles. The van der Waals surface area contributed by atoms with Crippen molar-refractivity contribution >= 4 is 5.97 Å². The monoisotopic (exact) mass is 436 g/mol. The molecule has 0 spiro atoms. The van der Waals surface area contributed by atoms with Crippen LogP contribution in [0, 0.1) is 0 Å². The molecule has 31 heavy (non-hydrogen) atoms. The summed E-state index contributed by atoms with van der Waals surface area (Å²) in [5.41, 5.74) is 0. The lowest BCUT2D eigenvalue weighted by Gasteiger charge is -2.03. The Balaban J connectivity index is 3.22. The molecule has 0 N–H and O–H groups in total. The van der Waals surface area contributed by atoms with Crippen molar-refractivity contribution in [1.29, 1.82) is 0 Å². The summed E-state index contributed by atoms with van der Waals surface area (Å²) in [5.74, 6) is -0.0638. The maximum absolute atomic E-state index is 11.7. The number of carbonyl (C=O) groups is 1. The molecule has 0 bridgehead atoms. The Labute approximate surface area is 196 Å². The van der Waals surface area contributed by atoms with Gasteiger partial charge in [0.15, 0.2) is 0 Å². The molecule has 0 aromatic rings.